The van der Waals surface area contributed by atoms with E-state index in [1.165, 1.54) is 68.8 Å². The topological polar surface area (TPSA) is 303 Å². The van der Waals surface area contributed by atoms with Crippen LogP contribution in [0.15, 0.2) is 60.4 Å². The van der Waals surface area contributed by atoms with E-state index < -0.39 is 134 Å². The standard InChI is InChI=1S/C49H56O24/c1-24(50)62-22-40-42(64-26(3)52)44(66-28(5)54)46(68-30(7)56)48(72-40)70-36-17-13-32(19-38(36)60-9)11-15-34(58)21-35(59)16-12-33-14-18-37(39(20-33)61-10)71-49-47(69-31(8)57)45(67-29(6)55)43(65-27(4)53)41(73-49)23-63-25(2)51/h11-21,40-49,58H,22-23H2,1-10H3/b15-11+,16-12+,34-21-/t40-,41-,42-,43-,44+,45+,46-,47-,48+,49+/m1/s1. The number of hydrogen-bond donors (Lipinski definition) is 1. The molecular weight excluding hydrogens is 973 g/mol. The lowest BCUT2D eigenvalue weighted by Gasteiger charge is -2.44. The van der Waals surface area contributed by atoms with Crippen LogP contribution in [0, 0.1) is 0 Å². The molecule has 1 N–H and O–H groups in total. The van der Waals surface area contributed by atoms with Gasteiger partial charge in [-0.2, -0.15) is 0 Å². The summed E-state index contributed by atoms with van der Waals surface area (Å²) >= 11 is 0. The van der Waals surface area contributed by atoms with E-state index in [4.69, 9.17) is 66.3 Å². The van der Waals surface area contributed by atoms with Crippen molar-refractivity contribution in [2.45, 2.75) is 117 Å². The summed E-state index contributed by atoms with van der Waals surface area (Å²) in [7, 11) is 2.64. The summed E-state index contributed by atoms with van der Waals surface area (Å²) < 4.78 is 78.1. The minimum Gasteiger partial charge on any atom is -0.508 e. The highest BCUT2D eigenvalue weighted by Gasteiger charge is 2.55. The van der Waals surface area contributed by atoms with Gasteiger partial charge < -0.3 is 71.4 Å². The Bertz CT molecular complexity index is 2460. The molecule has 2 aliphatic heterocycles. The average molecular weight is 1030 g/mol. The average Bonchev–Trinajstić information content (AvgIpc) is 3.29. The van der Waals surface area contributed by atoms with Crippen LogP contribution < -0.4 is 18.9 Å². The van der Waals surface area contributed by atoms with Gasteiger partial charge in [-0.25, -0.2) is 0 Å². The number of benzene rings is 2. The van der Waals surface area contributed by atoms with E-state index in [1.54, 1.807) is 0 Å². The van der Waals surface area contributed by atoms with Crippen molar-refractivity contribution in [2.75, 3.05) is 27.4 Å². The Labute approximate surface area is 418 Å². The molecule has 2 fully saturated rings. The van der Waals surface area contributed by atoms with Gasteiger partial charge in [0.15, 0.2) is 53.2 Å². The second-order valence-electron chi connectivity index (χ2n) is 15.8. The van der Waals surface area contributed by atoms with Crippen LogP contribution in [0.1, 0.15) is 66.5 Å². The van der Waals surface area contributed by atoms with E-state index >= 15 is 0 Å². The number of rotatable bonds is 21. The number of esters is 8. The fraction of sp³-hybridized carbons (Fsp3) is 0.449. The Hall–Kier alpha value is -7.99. The highest BCUT2D eigenvalue weighted by molar-refractivity contribution is 6.02. The minimum absolute atomic E-state index is 0.0199. The second kappa shape index (κ2) is 27.0. The molecule has 396 valence electrons. The van der Waals surface area contributed by atoms with Crippen molar-refractivity contribution in [3.63, 3.8) is 0 Å². The van der Waals surface area contributed by atoms with Gasteiger partial charge >= 0.3 is 47.8 Å². The number of aliphatic hydroxyl groups excluding tert-OH is 1. The zero-order valence-corrected chi connectivity index (χ0v) is 41.4. The molecule has 0 aliphatic carbocycles. The Balaban J connectivity index is 1.52. The first kappa shape index (κ1) is 57.6. The molecule has 0 unspecified atom stereocenters. The number of carbonyl (C=O) groups excluding carboxylic acids is 9. The molecule has 2 heterocycles. The first-order valence-electron chi connectivity index (χ1n) is 22.1. The molecule has 0 aromatic heterocycles. The number of hydrogen-bond acceptors (Lipinski definition) is 24. The molecule has 10 atom stereocenters. The van der Waals surface area contributed by atoms with E-state index in [2.05, 4.69) is 0 Å². The van der Waals surface area contributed by atoms with Crippen molar-refractivity contribution in [1.82, 2.24) is 0 Å². The molecule has 0 radical (unpaired) electrons. The Morgan fingerprint density at radius 1 is 0.466 bits per heavy atom. The van der Waals surface area contributed by atoms with Crippen LogP contribution in [0.2, 0.25) is 0 Å². The molecule has 2 aliphatic rings. The van der Waals surface area contributed by atoms with Crippen molar-refractivity contribution >= 4 is 65.7 Å². The zero-order chi connectivity index (χ0) is 54.1. The van der Waals surface area contributed by atoms with Crippen LogP contribution in [0.25, 0.3) is 12.2 Å². The Morgan fingerprint density at radius 3 is 1.15 bits per heavy atom. The maximum atomic E-state index is 12.9. The zero-order valence-electron chi connectivity index (χ0n) is 41.4. The van der Waals surface area contributed by atoms with Crippen molar-refractivity contribution in [3.8, 4) is 23.0 Å². The third-order valence-electron chi connectivity index (χ3n) is 9.93. The van der Waals surface area contributed by atoms with E-state index in [0.717, 1.165) is 67.5 Å². The van der Waals surface area contributed by atoms with Crippen LogP contribution in [0.4, 0.5) is 0 Å². The Kier molecular flexibility index (Phi) is 21.3. The van der Waals surface area contributed by atoms with Crippen molar-refractivity contribution in [1.29, 1.82) is 0 Å². The van der Waals surface area contributed by atoms with Crippen molar-refractivity contribution in [2.24, 2.45) is 0 Å². The maximum absolute atomic E-state index is 12.9. The summed E-state index contributed by atoms with van der Waals surface area (Å²) in [4.78, 5) is 109. The van der Waals surface area contributed by atoms with Gasteiger partial charge in [-0.15, -0.1) is 0 Å². The SMILES string of the molecule is COc1cc(/C=C/C(=O)/C=C(O)/C=C/c2ccc(O[C@H]3O[C@H](COC(C)=O)[C@@H](OC(C)=O)[C@H](OC(C)=O)[C@H]3OC(C)=O)c(OC)c2)ccc1O[C@H]1O[C@H](COC(C)=O)[C@@H](OC(C)=O)[C@H](OC(C)=O)[C@H]1OC(C)=O. The van der Waals surface area contributed by atoms with Crippen LogP contribution in [0.5, 0.6) is 23.0 Å². The van der Waals surface area contributed by atoms with E-state index in [1.807, 2.05) is 0 Å². The molecule has 73 heavy (non-hydrogen) atoms. The molecule has 2 saturated heterocycles. The fourth-order valence-electron chi connectivity index (χ4n) is 7.19. The van der Waals surface area contributed by atoms with Crippen LogP contribution in [-0.2, 0) is 90.5 Å². The third-order valence-corrected chi connectivity index (χ3v) is 9.93. The highest BCUT2D eigenvalue weighted by Crippen LogP contribution is 2.37. The lowest BCUT2D eigenvalue weighted by atomic mass is 9.98. The summed E-state index contributed by atoms with van der Waals surface area (Å²) in [6, 6.07) is 8.89. The first-order valence-corrected chi connectivity index (χ1v) is 22.1. The minimum atomic E-state index is -1.55. The summed E-state index contributed by atoms with van der Waals surface area (Å²) in [5.41, 5.74) is 0.854. The third kappa shape index (κ3) is 17.7. The molecule has 0 spiro atoms. The summed E-state index contributed by atoms with van der Waals surface area (Å²) in [5.74, 6) is -7.17. The van der Waals surface area contributed by atoms with Gasteiger partial charge in [0.05, 0.1) is 14.2 Å². The normalized spacial score (nSPS) is 23.7. The summed E-state index contributed by atoms with van der Waals surface area (Å²) in [5, 5.41) is 10.6. The monoisotopic (exact) mass is 1030 g/mol. The van der Waals surface area contributed by atoms with Gasteiger partial charge in [0.1, 0.15) is 31.2 Å². The number of allylic oxidation sites excluding steroid dienone is 3. The molecule has 0 saturated carbocycles. The molecule has 24 heteroatoms. The number of carbonyl (C=O) groups is 9. The molecular formula is C49H56O24. The molecule has 0 amide bonds. The van der Waals surface area contributed by atoms with Gasteiger partial charge in [-0.1, -0.05) is 24.3 Å². The van der Waals surface area contributed by atoms with Crippen molar-refractivity contribution < 1.29 is 115 Å². The summed E-state index contributed by atoms with van der Waals surface area (Å²) in [6.07, 6.45) is -8.26. The predicted octanol–water partition coefficient (Wildman–Crippen LogP) is 3.37. The van der Waals surface area contributed by atoms with E-state index in [9.17, 15) is 48.3 Å². The van der Waals surface area contributed by atoms with Crippen LogP contribution in [0.3, 0.4) is 0 Å². The molecule has 24 nitrogen and oxygen atoms in total. The number of methoxy groups -OCH3 is 2. The smallest absolute Gasteiger partial charge is 0.303 e. The molecule has 4 rings (SSSR count). The maximum Gasteiger partial charge on any atom is 0.303 e. The van der Waals surface area contributed by atoms with Gasteiger partial charge in [0.25, 0.3) is 0 Å². The van der Waals surface area contributed by atoms with Gasteiger partial charge in [-0.05, 0) is 47.5 Å². The Morgan fingerprint density at radius 2 is 0.808 bits per heavy atom. The van der Waals surface area contributed by atoms with E-state index in [-0.39, 0.29) is 23.0 Å². The van der Waals surface area contributed by atoms with Gasteiger partial charge in [0.2, 0.25) is 24.8 Å². The van der Waals surface area contributed by atoms with Crippen LogP contribution >= 0.6 is 0 Å². The first-order chi connectivity index (χ1) is 34.5. The van der Waals surface area contributed by atoms with E-state index in [0.29, 0.717) is 11.1 Å². The second-order valence-corrected chi connectivity index (χ2v) is 15.8. The quantitative estimate of drug-likeness (QED) is 0.0616. The van der Waals surface area contributed by atoms with Crippen LogP contribution in [-0.4, -0.2) is 147 Å². The molecule has 2 aromatic carbocycles. The van der Waals surface area contributed by atoms with Crippen molar-refractivity contribution in [3.05, 3.63) is 71.5 Å². The molecule has 0 bridgehead atoms. The number of ketones is 1. The lowest BCUT2D eigenvalue weighted by molar-refractivity contribution is -0.288. The fourth-order valence-corrected chi connectivity index (χ4v) is 7.19. The predicted molar refractivity (Wildman–Crippen MR) is 245 cm³/mol. The number of aliphatic hydroxyl groups is 1. The number of ether oxygens (including phenoxy) is 14. The lowest BCUT2D eigenvalue weighted by Crippen LogP contribution is -2.63. The highest BCUT2D eigenvalue weighted by atomic mass is 16.8. The van der Waals surface area contributed by atoms with Gasteiger partial charge in [0, 0.05) is 61.5 Å². The molecule has 2 aromatic rings. The van der Waals surface area contributed by atoms with Gasteiger partial charge in [-0.3, -0.25) is 43.2 Å². The summed E-state index contributed by atoms with van der Waals surface area (Å²) in [6.45, 7) is 7.84. The largest absolute Gasteiger partial charge is 0.508 e.